The van der Waals surface area contributed by atoms with Gasteiger partial charge in [-0.25, -0.2) is 0 Å². The number of aromatic hydroxyl groups is 1. The summed E-state index contributed by atoms with van der Waals surface area (Å²) < 4.78 is 5.84. The van der Waals surface area contributed by atoms with Gasteiger partial charge in [0.25, 0.3) is 0 Å². The number of hydrogen-bond donors (Lipinski definition) is 2. The number of aryl methyl sites for hydroxylation is 1. The third-order valence-electron chi connectivity index (χ3n) is 8.34. The number of ketones is 1. The molecule has 0 amide bonds. The van der Waals surface area contributed by atoms with E-state index in [0.29, 0.717) is 29.7 Å². The summed E-state index contributed by atoms with van der Waals surface area (Å²) in [5.41, 5.74) is 9.35. The van der Waals surface area contributed by atoms with Gasteiger partial charge in [-0.3, -0.25) is 9.59 Å². The number of phenols is 1. The standard InChI is InChI=1S/C25H33NO4/c1-15(27)12-18(26)14-25-11-9-23(30-16(2)28)24(25,3)10-8-21-20-6-5-19(29)13-17(20)4-7-22(21)25/h5-6,12-13,21-23,29H,4,7-11,14,26H2,1-3H3/t21-,22-,23-,24-,25+/m1/s1. The molecule has 0 radical (unpaired) electrons. The number of esters is 1. The van der Waals surface area contributed by atoms with E-state index in [0.717, 1.165) is 38.5 Å². The van der Waals surface area contributed by atoms with Crippen LogP contribution in [0.5, 0.6) is 5.75 Å². The van der Waals surface area contributed by atoms with Gasteiger partial charge >= 0.3 is 5.97 Å². The van der Waals surface area contributed by atoms with Gasteiger partial charge in [-0.1, -0.05) is 13.0 Å². The third kappa shape index (κ3) is 3.23. The Hall–Kier alpha value is -2.30. The predicted molar refractivity (Wildman–Crippen MR) is 115 cm³/mol. The van der Waals surface area contributed by atoms with Crippen molar-refractivity contribution in [1.29, 1.82) is 0 Å². The van der Waals surface area contributed by atoms with Crippen molar-refractivity contribution in [1.82, 2.24) is 0 Å². The number of phenolic OH excluding ortho intramolecular Hbond substituents is 1. The number of nitrogens with two attached hydrogens (primary N) is 1. The molecule has 162 valence electrons. The van der Waals surface area contributed by atoms with Gasteiger partial charge in [-0.05, 0) is 98.5 Å². The van der Waals surface area contributed by atoms with Crippen molar-refractivity contribution in [2.24, 2.45) is 22.5 Å². The van der Waals surface area contributed by atoms with Gasteiger partial charge in [-0.15, -0.1) is 0 Å². The molecule has 0 saturated heterocycles. The van der Waals surface area contributed by atoms with Crippen LogP contribution in [0.15, 0.2) is 30.0 Å². The molecule has 5 heteroatoms. The zero-order chi connectivity index (χ0) is 21.7. The van der Waals surface area contributed by atoms with Crippen molar-refractivity contribution in [3.63, 3.8) is 0 Å². The molecule has 0 aliphatic heterocycles. The van der Waals surface area contributed by atoms with Crippen LogP contribution in [-0.4, -0.2) is 23.0 Å². The first-order chi connectivity index (χ1) is 14.2. The van der Waals surface area contributed by atoms with E-state index in [9.17, 15) is 14.7 Å². The van der Waals surface area contributed by atoms with E-state index in [-0.39, 0.29) is 28.7 Å². The summed E-state index contributed by atoms with van der Waals surface area (Å²) in [5.74, 6) is 0.885. The molecule has 3 aliphatic carbocycles. The van der Waals surface area contributed by atoms with E-state index in [1.54, 1.807) is 12.1 Å². The van der Waals surface area contributed by atoms with Crippen LogP contribution in [0.1, 0.15) is 76.3 Å². The SMILES string of the molecule is CC(=O)C=C(N)C[C@]12CC[C@@H](OC(C)=O)[C@@]1(C)CC[C@@H]1c3ccc(O)cc3CC[C@H]12. The lowest BCUT2D eigenvalue weighted by Crippen LogP contribution is -2.53. The van der Waals surface area contributed by atoms with Gasteiger partial charge in [-0.2, -0.15) is 0 Å². The molecule has 3 aliphatic rings. The third-order valence-corrected chi connectivity index (χ3v) is 8.34. The molecular weight excluding hydrogens is 378 g/mol. The predicted octanol–water partition coefficient (Wildman–Crippen LogP) is 4.37. The van der Waals surface area contributed by atoms with Gasteiger partial charge in [0, 0.05) is 18.0 Å². The maximum atomic E-state index is 11.8. The van der Waals surface area contributed by atoms with Crippen LogP contribution in [0, 0.1) is 16.7 Å². The zero-order valence-electron chi connectivity index (χ0n) is 18.2. The monoisotopic (exact) mass is 411 g/mol. The van der Waals surface area contributed by atoms with Crippen LogP contribution in [-0.2, 0) is 20.7 Å². The number of hydrogen-bond acceptors (Lipinski definition) is 5. The van der Waals surface area contributed by atoms with Crippen LogP contribution in [0.4, 0.5) is 0 Å². The van der Waals surface area contributed by atoms with Crippen molar-refractivity contribution >= 4 is 11.8 Å². The Bertz CT molecular complexity index is 906. The molecule has 1 aromatic carbocycles. The number of carbonyl (C=O) groups is 2. The number of ether oxygens (including phenoxy) is 1. The van der Waals surface area contributed by atoms with Crippen molar-refractivity contribution < 1.29 is 19.4 Å². The van der Waals surface area contributed by atoms with Gasteiger partial charge in [0.05, 0.1) is 0 Å². The average molecular weight is 412 g/mol. The molecule has 4 rings (SSSR count). The Morgan fingerprint density at radius 1 is 1.23 bits per heavy atom. The molecule has 0 aromatic heterocycles. The number of fused-ring (bicyclic) bond motifs is 5. The minimum atomic E-state index is -0.226. The fraction of sp³-hybridized carbons (Fsp3) is 0.600. The zero-order valence-corrected chi connectivity index (χ0v) is 18.2. The van der Waals surface area contributed by atoms with Gasteiger partial charge in [0.2, 0.25) is 0 Å². The fourth-order valence-electron chi connectivity index (χ4n) is 7.19. The van der Waals surface area contributed by atoms with Gasteiger partial charge in [0.1, 0.15) is 11.9 Å². The van der Waals surface area contributed by atoms with E-state index in [2.05, 4.69) is 13.0 Å². The molecule has 0 unspecified atom stereocenters. The normalized spacial score (nSPS) is 35.2. The van der Waals surface area contributed by atoms with Crippen molar-refractivity contribution in [2.45, 2.75) is 77.7 Å². The number of benzene rings is 1. The highest BCUT2D eigenvalue weighted by Crippen LogP contribution is 2.70. The quantitative estimate of drug-likeness (QED) is 0.567. The number of rotatable bonds is 4. The summed E-state index contributed by atoms with van der Waals surface area (Å²) in [6, 6.07) is 5.79. The summed E-state index contributed by atoms with van der Waals surface area (Å²) >= 11 is 0. The second kappa shape index (κ2) is 7.44. The molecule has 0 bridgehead atoms. The number of carbonyl (C=O) groups excluding carboxylic acids is 2. The summed E-state index contributed by atoms with van der Waals surface area (Å²) in [5, 5.41) is 9.94. The molecule has 3 N–H and O–H groups in total. The molecule has 1 aromatic rings. The topological polar surface area (TPSA) is 89.6 Å². The first-order valence-electron chi connectivity index (χ1n) is 11.1. The molecule has 2 saturated carbocycles. The smallest absolute Gasteiger partial charge is 0.302 e. The Morgan fingerprint density at radius 2 is 2.00 bits per heavy atom. The first-order valence-corrected chi connectivity index (χ1v) is 11.1. The lowest BCUT2D eigenvalue weighted by molar-refractivity contribution is -0.161. The van der Waals surface area contributed by atoms with Crippen LogP contribution in [0.25, 0.3) is 0 Å². The molecular formula is C25H33NO4. The van der Waals surface area contributed by atoms with E-state index < -0.39 is 0 Å². The van der Waals surface area contributed by atoms with Crippen LogP contribution >= 0.6 is 0 Å². The van der Waals surface area contributed by atoms with E-state index in [1.807, 2.05) is 6.07 Å². The minimum Gasteiger partial charge on any atom is -0.508 e. The summed E-state index contributed by atoms with van der Waals surface area (Å²) in [6.07, 6.45) is 7.85. The lowest BCUT2D eigenvalue weighted by Gasteiger charge is -2.58. The second-order valence-electron chi connectivity index (χ2n) is 9.89. The Morgan fingerprint density at radius 3 is 2.70 bits per heavy atom. The summed E-state index contributed by atoms with van der Waals surface area (Å²) in [4.78, 5) is 23.5. The highest BCUT2D eigenvalue weighted by molar-refractivity contribution is 5.87. The van der Waals surface area contributed by atoms with Crippen molar-refractivity contribution in [3.05, 3.63) is 41.1 Å². The van der Waals surface area contributed by atoms with Gasteiger partial charge < -0.3 is 15.6 Å². The number of allylic oxidation sites excluding steroid dienone is 2. The maximum absolute atomic E-state index is 11.8. The van der Waals surface area contributed by atoms with Gasteiger partial charge in [0.15, 0.2) is 5.78 Å². The molecule has 0 spiro atoms. The Kier molecular flexibility index (Phi) is 5.19. The molecule has 5 atom stereocenters. The highest BCUT2D eigenvalue weighted by Gasteiger charge is 2.65. The van der Waals surface area contributed by atoms with E-state index in [4.69, 9.17) is 10.5 Å². The van der Waals surface area contributed by atoms with Crippen LogP contribution < -0.4 is 5.73 Å². The largest absolute Gasteiger partial charge is 0.508 e. The van der Waals surface area contributed by atoms with Crippen molar-refractivity contribution in [3.8, 4) is 5.75 Å². The minimum absolute atomic E-state index is 0.0306. The average Bonchev–Trinajstić information content (AvgIpc) is 2.92. The van der Waals surface area contributed by atoms with Crippen molar-refractivity contribution in [2.75, 3.05) is 0 Å². The molecule has 5 nitrogen and oxygen atoms in total. The fourth-order valence-corrected chi connectivity index (χ4v) is 7.19. The Labute approximate surface area is 178 Å². The molecule has 30 heavy (non-hydrogen) atoms. The highest BCUT2D eigenvalue weighted by atomic mass is 16.5. The molecule has 0 heterocycles. The lowest BCUT2D eigenvalue weighted by atomic mass is 9.46. The van der Waals surface area contributed by atoms with Crippen LogP contribution in [0.3, 0.4) is 0 Å². The van der Waals surface area contributed by atoms with Crippen LogP contribution in [0.2, 0.25) is 0 Å². The van der Waals surface area contributed by atoms with E-state index >= 15 is 0 Å². The molecule has 2 fully saturated rings. The first kappa shape index (κ1) is 21.0. The second-order valence-corrected chi connectivity index (χ2v) is 9.89. The van der Waals surface area contributed by atoms with E-state index in [1.165, 1.54) is 25.0 Å². The Balaban J connectivity index is 1.78. The summed E-state index contributed by atoms with van der Waals surface area (Å²) in [6.45, 7) is 5.30. The maximum Gasteiger partial charge on any atom is 0.302 e. The summed E-state index contributed by atoms with van der Waals surface area (Å²) in [7, 11) is 0.